The molecular weight excluding hydrogens is 266 g/mol. The minimum absolute atomic E-state index is 0.0168. The van der Waals surface area contributed by atoms with E-state index < -0.39 is 5.97 Å². The monoisotopic (exact) mass is 279 g/mol. The zero-order chi connectivity index (χ0) is 14.3. The van der Waals surface area contributed by atoms with Crippen LogP contribution in [0.4, 0.5) is 0 Å². The van der Waals surface area contributed by atoms with Crippen molar-refractivity contribution < 1.29 is 14.3 Å². The number of carbonyl (C=O) groups is 2. The highest BCUT2D eigenvalue weighted by molar-refractivity contribution is 6.19. The average Bonchev–Trinajstić information content (AvgIpc) is 2.39. The van der Waals surface area contributed by atoms with E-state index in [9.17, 15) is 9.59 Å². The number of carbonyl (C=O) groups excluding carboxylic acids is 2. The van der Waals surface area contributed by atoms with Crippen molar-refractivity contribution in [3.8, 4) is 6.07 Å². The molecule has 0 N–H and O–H groups in total. The Bertz CT molecular complexity index is 520. The van der Waals surface area contributed by atoms with E-state index in [1.807, 2.05) is 6.07 Å². The standard InChI is InChI=1S/C14H14ClNO3/c1-2-19-14(18)8-11-4-3-10(9-16)7-12(11)13(17)5-6-15/h3-4,7H,2,5-6,8H2,1H3. The van der Waals surface area contributed by atoms with E-state index in [4.69, 9.17) is 21.6 Å². The van der Waals surface area contributed by atoms with Gasteiger partial charge in [-0.15, -0.1) is 11.6 Å². The van der Waals surface area contributed by atoms with Gasteiger partial charge in [0.2, 0.25) is 0 Å². The van der Waals surface area contributed by atoms with Crippen molar-refractivity contribution in [2.75, 3.05) is 12.5 Å². The molecule has 0 saturated carbocycles. The van der Waals surface area contributed by atoms with Crippen LogP contribution in [0.25, 0.3) is 0 Å². The van der Waals surface area contributed by atoms with Gasteiger partial charge in [0.25, 0.3) is 0 Å². The summed E-state index contributed by atoms with van der Waals surface area (Å²) in [5, 5.41) is 8.85. The summed E-state index contributed by atoms with van der Waals surface area (Å²) in [4.78, 5) is 23.4. The van der Waals surface area contributed by atoms with E-state index in [1.165, 1.54) is 6.07 Å². The number of nitriles is 1. The molecule has 0 bridgehead atoms. The number of Topliss-reactive ketones (excluding diaryl/α,β-unsaturated/α-hetero) is 1. The SMILES string of the molecule is CCOC(=O)Cc1ccc(C#N)cc1C(=O)CCCl. The lowest BCUT2D eigenvalue weighted by molar-refractivity contribution is -0.142. The Morgan fingerprint density at radius 1 is 1.42 bits per heavy atom. The molecular formula is C14H14ClNO3. The number of benzene rings is 1. The Morgan fingerprint density at radius 2 is 2.16 bits per heavy atom. The lowest BCUT2D eigenvalue weighted by Gasteiger charge is -2.08. The van der Waals surface area contributed by atoms with Crippen molar-refractivity contribution in [1.82, 2.24) is 0 Å². The molecule has 0 heterocycles. The second-order valence-corrected chi connectivity index (χ2v) is 4.21. The number of esters is 1. The molecule has 0 aliphatic carbocycles. The zero-order valence-corrected chi connectivity index (χ0v) is 11.4. The highest BCUT2D eigenvalue weighted by atomic mass is 35.5. The van der Waals surface area contributed by atoms with Crippen LogP contribution in [0.15, 0.2) is 18.2 Å². The number of alkyl halides is 1. The van der Waals surface area contributed by atoms with Gasteiger partial charge in [-0.05, 0) is 24.6 Å². The number of rotatable bonds is 6. The van der Waals surface area contributed by atoms with Gasteiger partial charge in [-0.25, -0.2) is 0 Å². The van der Waals surface area contributed by atoms with Crippen molar-refractivity contribution in [2.45, 2.75) is 19.8 Å². The molecule has 0 aromatic heterocycles. The smallest absolute Gasteiger partial charge is 0.310 e. The van der Waals surface area contributed by atoms with Crippen LogP contribution in [0.5, 0.6) is 0 Å². The first-order valence-corrected chi connectivity index (χ1v) is 6.43. The molecule has 0 aliphatic rings. The van der Waals surface area contributed by atoms with Crippen LogP contribution in [-0.4, -0.2) is 24.2 Å². The maximum absolute atomic E-state index is 11.9. The summed E-state index contributed by atoms with van der Waals surface area (Å²) < 4.78 is 4.86. The van der Waals surface area contributed by atoms with Gasteiger partial charge in [-0.2, -0.15) is 5.26 Å². The fourth-order valence-corrected chi connectivity index (χ4v) is 1.82. The quantitative estimate of drug-likeness (QED) is 0.456. The van der Waals surface area contributed by atoms with Crippen molar-refractivity contribution in [3.05, 3.63) is 34.9 Å². The molecule has 1 aromatic carbocycles. The first kappa shape index (κ1) is 15.2. The van der Waals surface area contributed by atoms with Gasteiger partial charge < -0.3 is 4.74 Å². The van der Waals surface area contributed by atoms with Gasteiger partial charge in [-0.1, -0.05) is 6.07 Å². The summed E-state index contributed by atoms with van der Waals surface area (Å²) in [7, 11) is 0. The molecule has 0 spiro atoms. The van der Waals surface area contributed by atoms with E-state index >= 15 is 0 Å². The normalized spacial score (nSPS) is 9.74. The summed E-state index contributed by atoms with van der Waals surface area (Å²) >= 11 is 5.55. The molecule has 0 amide bonds. The molecule has 0 saturated heterocycles. The minimum atomic E-state index is -0.396. The molecule has 4 nitrogen and oxygen atoms in total. The summed E-state index contributed by atoms with van der Waals surface area (Å²) in [6.45, 7) is 2.01. The third-order valence-electron chi connectivity index (χ3n) is 2.50. The maximum Gasteiger partial charge on any atom is 0.310 e. The number of hydrogen-bond acceptors (Lipinski definition) is 4. The van der Waals surface area contributed by atoms with E-state index in [2.05, 4.69) is 0 Å². The van der Waals surface area contributed by atoms with Gasteiger partial charge in [0.1, 0.15) is 0 Å². The predicted octanol–water partition coefficient (Wildman–Crippen LogP) is 2.48. The van der Waals surface area contributed by atoms with Crippen molar-refractivity contribution in [1.29, 1.82) is 5.26 Å². The van der Waals surface area contributed by atoms with Gasteiger partial charge in [0.15, 0.2) is 5.78 Å². The number of halogens is 1. The lowest BCUT2D eigenvalue weighted by Crippen LogP contribution is -2.12. The Labute approximate surface area is 116 Å². The Hall–Kier alpha value is -1.86. The first-order valence-electron chi connectivity index (χ1n) is 5.90. The maximum atomic E-state index is 11.9. The molecule has 0 atom stereocenters. The molecule has 0 fully saturated rings. The fraction of sp³-hybridized carbons (Fsp3) is 0.357. The summed E-state index contributed by atoms with van der Waals surface area (Å²) in [6, 6.07) is 6.64. The highest BCUT2D eigenvalue weighted by Crippen LogP contribution is 2.16. The second kappa shape index (κ2) is 7.55. The van der Waals surface area contributed by atoms with Crippen LogP contribution in [0.1, 0.15) is 34.8 Å². The summed E-state index contributed by atoms with van der Waals surface area (Å²) in [5.41, 5.74) is 1.31. The third-order valence-corrected chi connectivity index (χ3v) is 2.69. The molecule has 1 aromatic rings. The minimum Gasteiger partial charge on any atom is -0.466 e. The van der Waals surface area contributed by atoms with E-state index in [0.29, 0.717) is 23.3 Å². The summed E-state index contributed by atoms with van der Waals surface area (Å²) in [5.74, 6) is -0.368. The van der Waals surface area contributed by atoms with Gasteiger partial charge >= 0.3 is 5.97 Å². The Kier molecular flexibility index (Phi) is 6.04. The van der Waals surface area contributed by atoms with Crippen LogP contribution in [-0.2, 0) is 16.0 Å². The predicted molar refractivity (Wildman–Crippen MR) is 71.2 cm³/mol. The Morgan fingerprint density at radius 3 is 2.74 bits per heavy atom. The van der Waals surface area contributed by atoms with Gasteiger partial charge in [-0.3, -0.25) is 9.59 Å². The van der Waals surface area contributed by atoms with Crippen LogP contribution in [0.2, 0.25) is 0 Å². The number of nitrogens with zero attached hydrogens (tertiary/aromatic N) is 1. The summed E-state index contributed by atoms with van der Waals surface area (Å²) in [6.07, 6.45) is 0.190. The van der Waals surface area contributed by atoms with Crippen LogP contribution < -0.4 is 0 Å². The lowest BCUT2D eigenvalue weighted by atomic mass is 9.97. The Balaban J connectivity index is 3.05. The molecule has 1 rings (SSSR count). The van der Waals surface area contributed by atoms with Crippen LogP contribution in [0.3, 0.4) is 0 Å². The zero-order valence-electron chi connectivity index (χ0n) is 10.6. The topological polar surface area (TPSA) is 67.2 Å². The molecule has 19 heavy (non-hydrogen) atoms. The fourth-order valence-electron chi connectivity index (χ4n) is 1.65. The molecule has 0 unspecified atom stereocenters. The third kappa shape index (κ3) is 4.38. The molecule has 100 valence electrons. The van der Waals surface area contributed by atoms with Gasteiger partial charge in [0.05, 0.1) is 24.7 Å². The first-order chi connectivity index (χ1) is 9.12. The van der Waals surface area contributed by atoms with E-state index in [1.54, 1.807) is 19.1 Å². The number of ketones is 1. The second-order valence-electron chi connectivity index (χ2n) is 3.83. The van der Waals surface area contributed by atoms with E-state index in [-0.39, 0.29) is 24.5 Å². The van der Waals surface area contributed by atoms with E-state index in [0.717, 1.165) is 0 Å². The molecule has 0 radical (unpaired) electrons. The van der Waals surface area contributed by atoms with Gasteiger partial charge in [0, 0.05) is 17.9 Å². The van der Waals surface area contributed by atoms with Crippen molar-refractivity contribution in [3.63, 3.8) is 0 Å². The van der Waals surface area contributed by atoms with Crippen LogP contribution in [0, 0.1) is 11.3 Å². The van der Waals surface area contributed by atoms with Crippen LogP contribution >= 0.6 is 11.6 Å². The molecule has 0 aliphatic heterocycles. The number of ether oxygens (including phenoxy) is 1. The molecule has 5 heteroatoms. The highest BCUT2D eigenvalue weighted by Gasteiger charge is 2.15. The van der Waals surface area contributed by atoms with Crippen molar-refractivity contribution in [2.24, 2.45) is 0 Å². The van der Waals surface area contributed by atoms with Crippen molar-refractivity contribution >= 4 is 23.4 Å². The average molecular weight is 280 g/mol. The largest absolute Gasteiger partial charge is 0.466 e. The number of hydrogen-bond donors (Lipinski definition) is 0.